The first kappa shape index (κ1) is 36.5. The van der Waals surface area contributed by atoms with Gasteiger partial charge in [-0.05, 0) is 57.2 Å². The van der Waals surface area contributed by atoms with Crippen molar-refractivity contribution in [1.82, 2.24) is 16.0 Å². The predicted octanol–water partition coefficient (Wildman–Crippen LogP) is 6.17. The summed E-state index contributed by atoms with van der Waals surface area (Å²) in [6.45, 7) is 9.02. The molecule has 0 spiro atoms. The SMILES string of the molecule is CCC[C@H](NC(=O)OC(C)(C)C)C(=O)N[C@H](/C=C/C(=O)OCC)CCC(=O)NC(c1ccccc1)(c1ccccc1)c1ccccc1. The average molecular weight is 642 g/mol. The Kier molecular flexibility index (Phi) is 13.8. The molecule has 0 fully saturated rings. The Morgan fingerprint density at radius 3 is 1.70 bits per heavy atom. The molecule has 2 atom stereocenters. The molecule has 0 heterocycles. The van der Waals surface area contributed by atoms with Crippen molar-refractivity contribution in [3.63, 3.8) is 0 Å². The van der Waals surface area contributed by atoms with E-state index >= 15 is 0 Å². The predicted molar refractivity (Wildman–Crippen MR) is 182 cm³/mol. The largest absolute Gasteiger partial charge is 0.463 e. The number of nitrogens with one attached hydrogen (secondary N) is 3. The minimum absolute atomic E-state index is 0.0182. The molecule has 47 heavy (non-hydrogen) atoms. The fraction of sp³-hybridized carbons (Fsp3) is 0.368. The third kappa shape index (κ3) is 11.1. The Hall–Kier alpha value is -4.92. The van der Waals surface area contributed by atoms with Gasteiger partial charge >= 0.3 is 12.1 Å². The number of carbonyl (C=O) groups is 4. The normalized spacial score (nSPS) is 12.9. The Morgan fingerprint density at radius 1 is 0.745 bits per heavy atom. The maximum atomic E-state index is 13.9. The first-order valence-electron chi connectivity index (χ1n) is 16.1. The van der Waals surface area contributed by atoms with Crippen LogP contribution in [0.4, 0.5) is 4.79 Å². The maximum Gasteiger partial charge on any atom is 0.408 e. The molecule has 0 radical (unpaired) electrons. The van der Waals surface area contributed by atoms with Crippen molar-refractivity contribution in [2.75, 3.05) is 6.61 Å². The zero-order valence-corrected chi connectivity index (χ0v) is 28.0. The highest BCUT2D eigenvalue weighted by Gasteiger charge is 2.38. The Morgan fingerprint density at radius 2 is 1.26 bits per heavy atom. The van der Waals surface area contributed by atoms with Gasteiger partial charge in [0.15, 0.2) is 0 Å². The van der Waals surface area contributed by atoms with Crippen molar-refractivity contribution in [3.8, 4) is 0 Å². The minimum Gasteiger partial charge on any atom is -0.463 e. The van der Waals surface area contributed by atoms with E-state index < -0.39 is 41.2 Å². The zero-order chi connectivity index (χ0) is 34.3. The van der Waals surface area contributed by atoms with Crippen molar-refractivity contribution in [3.05, 3.63) is 120 Å². The van der Waals surface area contributed by atoms with Crippen LogP contribution in [-0.2, 0) is 29.4 Å². The Labute approximate surface area is 278 Å². The summed E-state index contributed by atoms with van der Waals surface area (Å²) in [5.41, 5.74) is 0.920. The number of rotatable bonds is 15. The van der Waals surface area contributed by atoms with Gasteiger partial charge in [0.1, 0.15) is 17.2 Å². The van der Waals surface area contributed by atoms with E-state index in [2.05, 4.69) is 16.0 Å². The molecule has 3 N–H and O–H groups in total. The third-order valence-electron chi connectivity index (χ3n) is 7.29. The lowest BCUT2D eigenvalue weighted by Crippen LogP contribution is -2.51. The van der Waals surface area contributed by atoms with Gasteiger partial charge < -0.3 is 25.4 Å². The van der Waals surface area contributed by atoms with E-state index in [1.807, 2.05) is 97.9 Å². The lowest BCUT2D eigenvalue weighted by molar-refractivity contribution is -0.137. The summed E-state index contributed by atoms with van der Waals surface area (Å²) in [6, 6.07) is 27.7. The van der Waals surface area contributed by atoms with Gasteiger partial charge in [0, 0.05) is 18.5 Å². The lowest BCUT2D eigenvalue weighted by atomic mass is 9.77. The molecule has 0 aliphatic rings. The van der Waals surface area contributed by atoms with E-state index in [-0.39, 0.29) is 25.4 Å². The summed E-state index contributed by atoms with van der Waals surface area (Å²) >= 11 is 0. The zero-order valence-electron chi connectivity index (χ0n) is 28.0. The quantitative estimate of drug-likeness (QED) is 0.104. The summed E-state index contributed by atoms with van der Waals surface area (Å²) in [4.78, 5) is 52.0. The first-order chi connectivity index (χ1) is 22.5. The summed E-state index contributed by atoms with van der Waals surface area (Å²) in [5.74, 6) is -1.28. The van der Waals surface area contributed by atoms with E-state index in [9.17, 15) is 19.2 Å². The number of hydrogen-bond donors (Lipinski definition) is 3. The van der Waals surface area contributed by atoms with Crippen LogP contribution in [-0.4, -0.2) is 48.2 Å². The molecule has 0 aliphatic carbocycles. The topological polar surface area (TPSA) is 123 Å². The number of carbonyl (C=O) groups excluding carboxylic acids is 4. The van der Waals surface area contributed by atoms with E-state index in [1.54, 1.807) is 27.7 Å². The number of hydrogen-bond acceptors (Lipinski definition) is 6. The van der Waals surface area contributed by atoms with Crippen LogP contribution in [0.15, 0.2) is 103 Å². The van der Waals surface area contributed by atoms with Gasteiger partial charge in [-0.15, -0.1) is 0 Å². The van der Waals surface area contributed by atoms with Gasteiger partial charge in [0.2, 0.25) is 11.8 Å². The molecular weight excluding hydrogens is 594 g/mol. The fourth-order valence-electron chi connectivity index (χ4n) is 5.23. The van der Waals surface area contributed by atoms with Crippen LogP contribution in [0, 0.1) is 0 Å². The molecule has 0 bridgehead atoms. The maximum absolute atomic E-state index is 13.9. The first-order valence-corrected chi connectivity index (χ1v) is 16.1. The molecule has 250 valence electrons. The number of ether oxygens (including phenoxy) is 2. The summed E-state index contributed by atoms with van der Waals surface area (Å²) in [6.07, 6.45) is 3.23. The highest BCUT2D eigenvalue weighted by atomic mass is 16.6. The lowest BCUT2D eigenvalue weighted by Gasteiger charge is -2.37. The molecule has 0 saturated heterocycles. The van der Waals surface area contributed by atoms with Crippen molar-refractivity contribution < 1.29 is 28.7 Å². The van der Waals surface area contributed by atoms with Gasteiger partial charge in [0.25, 0.3) is 0 Å². The molecule has 3 aromatic rings. The standard InChI is InChI=1S/C38H47N3O6/c1-6-17-32(40-36(45)47-37(3,4)5)35(44)39-31(25-27-34(43)46-7-2)24-26-33(42)41-38(28-18-11-8-12-19-28,29-20-13-9-14-21-29)30-22-15-10-16-23-30/h8-16,18-23,25,27,31-32H,6-7,17,24,26H2,1-5H3,(H,39,44)(H,40,45)(H,41,42)/b27-25+/t31-,32-/m0/s1. The van der Waals surface area contributed by atoms with E-state index in [0.29, 0.717) is 12.8 Å². The second kappa shape index (κ2) is 17.7. The number of amides is 3. The van der Waals surface area contributed by atoms with Crippen LogP contribution >= 0.6 is 0 Å². The molecule has 3 rings (SSSR count). The number of esters is 1. The van der Waals surface area contributed by atoms with Crippen molar-refractivity contribution in [1.29, 1.82) is 0 Å². The molecular formula is C38H47N3O6. The van der Waals surface area contributed by atoms with Crippen LogP contribution in [0.5, 0.6) is 0 Å². The highest BCUT2D eigenvalue weighted by molar-refractivity contribution is 5.87. The molecule has 9 nitrogen and oxygen atoms in total. The van der Waals surface area contributed by atoms with E-state index in [0.717, 1.165) is 16.7 Å². The highest BCUT2D eigenvalue weighted by Crippen LogP contribution is 2.37. The van der Waals surface area contributed by atoms with Crippen LogP contribution in [0.2, 0.25) is 0 Å². The van der Waals surface area contributed by atoms with Gasteiger partial charge in [-0.25, -0.2) is 9.59 Å². The smallest absolute Gasteiger partial charge is 0.408 e. The summed E-state index contributed by atoms with van der Waals surface area (Å²) in [7, 11) is 0. The van der Waals surface area contributed by atoms with Gasteiger partial charge in [-0.1, -0.05) is 110 Å². The number of alkyl carbamates (subject to hydrolysis) is 1. The molecule has 0 aliphatic heterocycles. The van der Waals surface area contributed by atoms with Crippen LogP contribution < -0.4 is 16.0 Å². The second-order valence-electron chi connectivity index (χ2n) is 12.1. The van der Waals surface area contributed by atoms with Gasteiger partial charge in [-0.3, -0.25) is 9.59 Å². The molecule has 9 heteroatoms. The Bertz CT molecular complexity index is 1370. The average Bonchev–Trinajstić information content (AvgIpc) is 3.05. The fourth-order valence-corrected chi connectivity index (χ4v) is 5.23. The van der Waals surface area contributed by atoms with Crippen LogP contribution in [0.1, 0.15) is 77.0 Å². The van der Waals surface area contributed by atoms with Crippen LogP contribution in [0.3, 0.4) is 0 Å². The molecule has 3 amide bonds. The summed E-state index contributed by atoms with van der Waals surface area (Å²) in [5, 5.41) is 8.87. The van der Waals surface area contributed by atoms with Crippen molar-refractivity contribution in [2.24, 2.45) is 0 Å². The number of benzene rings is 3. The second-order valence-corrected chi connectivity index (χ2v) is 12.1. The van der Waals surface area contributed by atoms with Gasteiger partial charge in [0.05, 0.1) is 6.61 Å². The van der Waals surface area contributed by atoms with Crippen LogP contribution in [0.25, 0.3) is 0 Å². The van der Waals surface area contributed by atoms with Gasteiger partial charge in [-0.2, -0.15) is 0 Å². The third-order valence-corrected chi connectivity index (χ3v) is 7.29. The monoisotopic (exact) mass is 641 g/mol. The molecule has 0 unspecified atom stereocenters. The van der Waals surface area contributed by atoms with E-state index in [1.165, 1.54) is 12.2 Å². The van der Waals surface area contributed by atoms with Crippen molar-refractivity contribution >= 4 is 23.9 Å². The Balaban J connectivity index is 1.88. The molecule has 0 saturated carbocycles. The minimum atomic E-state index is -0.996. The van der Waals surface area contributed by atoms with E-state index in [4.69, 9.17) is 9.47 Å². The van der Waals surface area contributed by atoms with Crippen molar-refractivity contribution in [2.45, 2.75) is 83.5 Å². The summed E-state index contributed by atoms with van der Waals surface area (Å²) < 4.78 is 10.4. The molecule has 3 aromatic carbocycles. The molecule has 0 aromatic heterocycles.